The molecule has 0 fully saturated rings. The fourth-order valence-electron chi connectivity index (χ4n) is 4.38. The van der Waals surface area contributed by atoms with Gasteiger partial charge in [-0.1, -0.05) is 52.2 Å². The zero-order valence-corrected chi connectivity index (χ0v) is 20.6. The Morgan fingerprint density at radius 1 is 1.09 bits per heavy atom. The Bertz CT molecular complexity index is 1420. The number of nitrogens with zero attached hydrogens (tertiary/aromatic N) is 2. The highest BCUT2D eigenvalue weighted by Crippen LogP contribution is 2.37. The molecule has 6 heteroatoms. The molecular formula is C27H22BrN3OS. The zero-order valence-electron chi connectivity index (χ0n) is 18.2. The van der Waals surface area contributed by atoms with E-state index < -0.39 is 0 Å². The largest absolute Gasteiger partial charge is 0.312 e. The van der Waals surface area contributed by atoms with E-state index in [9.17, 15) is 10.1 Å². The number of nitriles is 1. The summed E-state index contributed by atoms with van der Waals surface area (Å²) in [5, 5.41) is 14.4. The predicted octanol–water partition coefficient (Wildman–Crippen LogP) is 7.43. The molecule has 2 aromatic heterocycles. The molecule has 33 heavy (non-hydrogen) atoms. The van der Waals surface area contributed by atoms with Crippen LogP contribution in [0.5, 0.6) is 0 Å². The smallest absolute Gasteiger partial charge is 0.257 e. The third-order valence-electron chi connectivity index (χ3n) is 6.12. The number of nitrogens with one attached hydrogen (secondary N) is 1. The normalized spacial score (nSPS) is 13.2. The summed E-state index contributed by atoms with van der Waals surface area (Å²) in [5.41, 5.74) is 5.93. The van der Waals surface area contributed by atoms with E-state index in [0.717, 1.165) is 57.9 Å². The van der Waals surface area contributed by atoms with Crippen LogP contribution in [0.25, 0.3) is 22.2 Å². The van der Waals surface area contributed by atoms with E-state index in [1.54, 1.807) is 11.3 Å². The number of halogens is 1. The Labute approximate surface area is 205 Å². The number of aromatic nitrogens is 1. The van der Waals surface area contributed by atoms with Crippen LogP contribution in [0.1, 0.15) is 51.2 Å². The fraction of sp³-hybridized carbons (Fsp3) is 0.222. The number of carbonyl (C=O) groups is 1. The number of pyridine rings is 1. The fourth-order valence-corrected chi connectivity index (χ4v) is 5.97. The summed E-state index contributed by atoms with van der Waals surface area (Å²) < 4.78 is 0.884. The molecule has 164 valence electrons. The van der Waals surface area contributed by atoms with E-state index in [1.165, 1.54) is 16.9 Å². The minimum atomic E-state index is -0.221. The molecule has 2 aromatic carbocycles. The van der Waals surface area contributed by atoms with Crippen molar-refractivity contribution < 1.29 is 4.79 Å². The topological polar surface area (TPSA) is 65.8 Å². The van der Waals surface area contributed by atoms with Gasteiger partial charge < -0.3 is 5.32 Å². The standard InChI is InChI=1S/C27H22BrN3OS/c1-16-7-9-17(10-8-16)24-14-21(20-13-18(28)11-12-23(20)30-24)26(32)31-27-22(15-29)19-5-3-2-4-6-25(19)33-27/h7-14H,2-6H2,1H3,(H,31,32). The number of amides is 1. The van der Waals surface area contributed by atoms with Gasteiger partial charge in [-0.2, -0.15) is 5.26 Å². The van der Waals surface area contributed by atoms with Gasteiger partial charge in [0.2, 0.25) is 0 Å². The van der Waals surface area contributed by atoms with Crippen molar-refractivity contribution in [3.05, 3.63) is 80.1 Å². The lowest BCUT2D eigenvalue weighted by molar-refractivity contribution is 0.102. The van der Waals surface area contributed by atoms with Gasteiger partial charge in [-0.25, -0.2) is 4.98 Å². The predicted molar refractivity (Wildman–Crippen MR) is 138 cm³/mol. The van der Waals surface area contributed by atoms with Gasteiger partial charge in [-0.15, -0.1) is 11.3 Å². The van der Waals surface area contributed by atoms with E-state index in [2.05, 4.69) is 27.3 Å². The van der Waals surface area contributed by atoms with Gasteiger partial charge in [0, 0.05) is 20.3 Å². The van der Waals surface area contributed by atoms with Crippen LogP contribution in [0, 0.1) is 18.3 Å². The summed E-state index contributed by atoms with van der Waals surface area (Å²) in [7, 11) is 0. The average Bonchev–Trinajstić information content (AvgIpc) is 2.97. The Morgan fingerprint density at radius 3 is 2.67 bits per heavy atom. The Morgan fingerprint density at radius 2 is 1.88 bits per heavy atom. The molecule has 1 aliphatic carbocycles. The highest BCUT2D eigenvalue weighted by Gasteiger charge is 2.22. The number of anilines is 1. The van der Waals surface area contributed by atoms with Gasteiger partial charge in [-0.05, 0) is 62.4 Å². The van der Waals surface area contributed by atoms with E-state index in [-0.39, 0.29) is 5.91 Å². The highest BCUT2D eigenvalue weighted by molar-refractivity contribution is 9.10. The molecule has 0 spiro atoms. The lowest BCUT2D eigenvalue weighted by atomic mass is 10.0. The first kappa shape index (κ1) is 21.8. The molecule has 1 amide bonds. The third kappa shape index (κ3) is 4.31. The molecule has 0 bridgehead atoms. The summed E-state index contributed by atoms with van der Waals surface area (Å²) in [6.07, 6.45) is 5.30. The summed E-state index contributed by atoms with van der Waals surface area (Å²) in [6, 6.07) is 18.1. The van der Waals surface area contributed by atoms with Crippen LogP contribution < -0.4 is 5.32 Å². The maximum absolute atomic E-state index is 13.6. The molecular weight excluding hydrogens is 494 g/mol. The van der Waals surface area contributed by atoms with Crippen molar-refractivity contribution in [1.29, 1.82) is 5.26 Å². The number of fused-ring (bicyclic) bond motifs is 2. The van der Waals surface area contributed by atoms with E-state index >= 15 is 0 Å². The molecule has 1 aliphatic rings. The molecule has 0 saturated carbocycles. The number of carbonyl (C=O) groups excluding carboxylic acids is 1. The first-order valence-electron chi connectivity index (χ1n) is 11.1. The minimum Gasteiger partial charge on any atom is -0.312 e. The minimum absolute atomic E-state index is 0.221. The number of aryl methyl sites for hydroxylation is 2. The van der Waals surface area contributed by atoms with Crippen LogP contribution in [0.4, 0.5) is 5.00 Å². The quantitative estimate of drug-likeness (QED) is 0.288. The molecule has 0 radical (unpaired) electrons. The Hall–Kier alpha value is -3.01. The summed E-state index contributed by atoms with van der Waals surface area (Å²) in [5.74, 6) is -0.221. The molecule has 0 atom stereocenters. The van der Waals surface area contributed by atoms with Crippen LogP contribution in [0.2, 0.25) is 0 Å². The van der Waals surface area contributed by atoms with Crippen LogP contribution in [-0.4, -0.2) is 10.9 Å². The zero-order chi connectivity index (χ0) is 22.9. The second kappa shape index (κ2) is 9.09. The number of thiophene rings is 1. The van der Waals surface area contributed by atoms with Gasteiger partial charge in [0.15, 0.2) is 0 Å². The summed E-state index contributed by atoms with van der Waals surface area (Å²) in [6.45, 7) is 2.05. The lowest BCUT2D eigenvalue weighted by Crippen LogP contribution is -2.13. The van der Waals surface area contributed by atoms with Crippen molar-refractivity contribution in [1.82, 2.24) is 4.98 Å². The van der Waals surface area contributed by atoms with Crippen molar-refractivity contribution in [2.45, 2.75) is 39.0 Å². The van der Waals surface area contributed by atoms with E-state index in [0.29, 0.717) is 16.1 Å². The second-order valence-electron chi connectivity index (χ2n) is 8.42. The molecule has 0 unspecified atom stereocenters. The van der Waals surface area contributed by atoms with Gasteiger partial charge in [0.05, 0.1) is 22.3 Å². The monoisotopic (exact) mass is 515 g/mol. The van der Waals surface area contributed by atoms with Crippen LogP contribution >= 0.6 is 27.3 Å². The maximum atomic E-state index is 13.6. The van der Waals surface area contributed by atoms with Crippen molar-refractivity contribution in [2.24, 2.45) is 0 Å². The molecule has 4 nitrogen and oxygen atoms in total. The van der Waals surface area contributed by atoms with Crippen molar-refractivity contribution in [2.75, 3.05) is 5.32 Å². The third-order valence-corrected chi connectivity index (χ3v) is 7.82. The molecule has 0 aliphatic heterocycles. The van der Waals surface area contributed by atoms with Crippen molar-refractivity contribution in [3.63, 3.8) is 0 Å². The number of rotatable bonds is 3. The van der Waals surface area contributed by atoms with Crippen LogP contribution in [0.15, 0.2) is 53.0 Å². The lowest BCUT2D eigenvalue weighted by Gasteiger charge is -2.11. The molecule has 0 saturated heterocycles. The van der Waals surface area contributed by atoms with Gasteiger partial charge >= 0.3 is 0 Å². The Kier molecular flexibility index (Phi) is 6.01. The first-order valence-corrected chi connectivity index (χ1v) is 12.7. The number of hydrogen-bond acceptors (Lipinski definition) is 4. The Balaban J connectivity index is 1.59. The molecule has 1 N–H and O–H groups in total. The summed E-state index contributed by atoms with van der Waals surface area (Å²) >= 11 is 5.08. The van der Waals surface area contributed by atoms with Crippen LogP contribution in [-0.2, 0) is 12.8 Å². The SMILES string of the molecule is Cc1ccc(-c2cc(C(=O)Nc3sc4c(c3C#N)CCCCC4)c3cc(Br)ccc3n2)cc1. The van der Waals surface area contributed by atoms with Crippen molar-refractivity contribution in [3.8, 4) is 17.3 Å². The number of hydrogen-bond donors (Lipinski definition) is 1. The second-order valence-corrected chi connectivity index (χ2v) is 10.4. The molecule has 2 heterocycles. The van der Waals surface area contributed by atoms with Crippen LogP contribution in [0.3, 0.4) is 0 Å². The van der Waals surface area contributed by atoms with Gasteiger partial charge in [0.1, 0.15) is 11.1 Å². The average molecular weight is 516 g/mol. The maximum Gasteiger partial charge on any atom is 0.257 e. The van der Waals surface area contributed by atoms with E-state index in [4.69, 9.17) is 4.98 Å². The van der Waals surface area contributed by atoms with Gasteiger partial charge in [-0.3, -0.25) is 4.79 Å². The molecule has 4 aromatic rings. The van der Waals surface area contributed by atoms with Crippen molar-refractivity contribution >= 4 is 49.1 Å². The van der Waals surface area contributed by atoms with Gasteiger partial charge in [0.25, 0.3) is 5.91 Å². The summed E-state index contributed by atoms with van der Waals surface area (Å²) in [4.78, 5) is 19.6. The first-order chi connectivity index (χ1) is 16.0. The highest BCUT2D eigenvalue weighted by atomic mass is 79.9. The molecule has 5 rings (SSSR count). The number of benzene rings is 2. The van der Waals surface area contributed by atoms with E-state index in [1.807, 2.05) is 55.5 Å².